The molecule has 0 aromatic carbocycles. The highest BCUT2D eigenvalue weighted by Crippen LogP contribution is 2.16. The first-order valence-corrected chi connectivity index (χ1v) is 19.1. The smallest absolute Gasteiger partial charge is 0.220 e. The van der Waals surface area contributed by atoms with E-state index in [2.05, 4.69) is 19.2 Å². The summed E-state index contributed by atoms with van der Waals surface area (Å²) in [6.45, 7) is 6.53. The van der Waals surface area contributed by atoms with Crippen LogP contribution >= 0.6 is 0 Å². The summed E-state index contributed by atoms with van der Waals surface area (Å²) in [6.07, 6.45) is 41.5. The van der Waals surface area contributed by atoms with E-state index >= 15 is 0 Å². The van der Waals surface area contributed by atoms with Gasteiger partial charge in [0.2, 0.25) is 5.91 Å². The highest BCUT2D eigenvalue weighted by atomic mass is 16.3. The summed E-state index contributed by atoms with van der Waals surface area (Å²) in [6, 6.07) is -0.134. The van der Waals surface area contributed by atoms with Crippen LogP contribution < -0.4 is 5.32 Å². The van der Waals surface area contributed by atoms with Crippen LogP contribution in [-0.4, -0.2) is 23.2 Å². The Hall–Kier alpha value is -0.570. The van der Waals surface area contributed by atoms with Crippen molar-refractivity contribution in [1.82, 2.24) is 5.32 Å². The van der Waals surface area contributed by atoms with Gasteiger partial charge in [0.25, 0.3) is 0 Å². The van der Waals surface area contributed by atoms with Crippen molar-refractivity contribution in [2.75, 3.05) is 0 Å². The van der Waals surface area contributed by atoms with Crippen LogP contribution in [0, 0.1) is 0 Å². The first kappa shape index (κ1) is 40.4. The SMILES string of the molecule is CCCCCCCCCCCCCCCCCCCC(=O)NC(C)C(O)CCCCCCCCCCCCCCC. The van der Waals surface area contributed by atoms with Crippen LogP contribution in [0.5, 0.6) is 0 Å². The van der Waals surface area contributed by atoms with Gasteiger partial charge in [0, 0.05) is 6.42 Å². The number of aliphatic hydroxyl groups is 1. The van der Waals surface area contributed by atoms with Gasteiger partial charge in [0.05, 0.1) is 12.1 Å². The van der Waals surface area contributed by atoms with E-state index in [-0.39, 0.29) is 11.9 Å². The van der Waals surface area contributed by atoms with E-state index in [0.717, 1.165) is 25.7 Å². The number of hydrogen-bond acceptors (Lipinski definition) is 2. The molecule has 2 unspecified atom stereocenters. The molecule has 0 spiro atoms. The predicted octanol–water partition coefficient (Wildman–Crippen LogP) is 12.4. The minimum atomic E-state index is -0.415. The summed E-state index contributed by atoms with van der Waals surface area (Å²) in [7, 11) is 0. The van der Waals surface area contributed by atoms with Crippen molar-refractivity contribution in [3.63, 3.8) is 0 Å². The fourth-order valence-corrected chi connectivity index (χ4v) is 6.05. The Balaban J connectivity index is 3.39. The highest BCUT2D eigenvalue weighted by Gasteiger charge is 2.15. The maximum absolute atomic E-state index is 12.3. The van der Waals surface area contributed by atoms with E-state index in [1.807, 2.05) is 6.92 Å². The molecule has 0 aliphatic heterocycles. The van der Waals surface area contributed by atoms with Crippen LogP contribution in [0.15, 0.2) is 0 Å². The van der Waals surface area contributed by atoms with Crippen molar-refractivity contribution < 1.29 is 9.90 Å². The molecule has 0 aromatic rings. The topological polar surface area (TPSA) is 49.3 Å². The molecular formula is C38H77NO2. The zero-order valence-corrected chi connectivity index (χ0v) is 28.6. The van der Waals surface area contributed by atoms with Gasteiger partial charge >= 0.3 is 0 Å². The van der Waals surface area contributed by atoms with Crippen LogP contribution in [0.25, 0.3) is 0 Å². The molecule has 0 aliphatic carbocycles. The third-order valence-corrected chi connectivity index (χ3v) is 9.08. The second kappa shape index (κ2) is 33.9. The van der Waals surface area contributed by atoms with Gasteiger partial charge in [-0.25, -0.2) is 0 Å². The number of hydrogen-bond donors (Lipinski definition) is 2. The molecule has 0 aliphatic rings. The molecule has 0 rings (SSSR count). The standard InChI is InChI=1S/C38H77NO2/c1-4-6-8-10-12-14-16-18-19-20-21-23-25-27-29-31-33-35-38(41)39-36(3)37(40)34-32-30-28-26-24-22-17-15-13-11-9-7-5-2/h36-37,40H,4-35H2,1-3H3,(H,39,41). The quantitative estimate of drug-likeness (QED) is 0.0745. The summed E-state index contributed by atoms with van der Waals surface area (Å²) >= 11 is 0. The molecule has 3 heteroatoms. The molecule has 0 aromatic heterocycles. The summed E-state index contributed by atoms with van der Waals surface area (Å²) in [5.41, 5.74) is 0. The number of aliphatic hydroxyl groups excluding tert-OH is 1. The van der Waals surface area contributed by atoms with Crippen molar-refractivity contribution in [1.29, 1.82) is 0 Å². The van der Waals surface area contributed by atoms with Crippen LogP contribution in [0.3, 0.4) is 0 Å². The molecular weight excluding hydrogens is 502 g/mol. The minimum absolute atomic E-state index is 0.114. The fraction of sp³-hybridized carbons (Fsp3) is 0.974. The lowest BCUT2D eigenvalue weighted by molar-refractivity contribution is -0.122. The molecule has 3 nitrogen and oxygen atoms in total. The number of carbonyl (C=O) groups is 1. The van der Waals surface area contributed by atoms with Crippen LogP contribution in [0.1, 0.15) is 226 Å². The Morgan fingerprint density at radius 2 is 0.732 bits per heavy atom. The molecule has 41 heavy (non-hydrogen) atoms. The molecule has 0 heterocycles. The van der Waals surface area contributed by atoms with Crippen LogP contribution in [0.4, 0.5) is 0 Å². The van der Waals surface area contributed by atoms with Gasteiger partial charge in [0.1, 0.15) is 0 Å². The van der Waals surface area contributed by atoms with E-state index in [9.17, 15) is 9.90 Å². The lowest BCUT2D eigenvalue weighted by Crippen LogP contribution is -2.41. The second-order valence-corrected chi connectivity index (χ2v) is 13.4. The zero-order valence-electron chi connectivity index (χ0n) is 28.6. The number of carbonyl (C=O) groups excluding carboxylic acids is 1. The molecule has 0 radical (unpaired) electrons. The van der Waals surface area contributed by atoms with Gasteiger partial charge in [-0.3, -0.25) is 4.79 Å². The van der Waals surface area contributed by atoms with Crippen LogP contribution in [-0.2, 0) is 4.79 Å². The number of rotatable bonds is 34. The van der Waals surface area contributed by atoms with E-state index in [0.29, 0.717) is 6.42 Å². The fourth-order valence-electron chi connectivity index (χ4n) is 6.05. The lowest BCUT2D eigenvalue weighted by atomic mass is 10.0. The summed E-state index contributed by atoms with van der Waals surface area (Å²) in [5.74, 6) is 0.114. The first-order chi connectivity index (χ1) is 20.1. The van der Waals surface area contributed by atoms with Crippen molar-refractivity contribution in [3.8, 4) is 0 Å². The van der Waals surface area contributed by atoms with E-state index < -0.39 is 6.10 Å². The highest BCUT2D eigenvalue weighted by molar-refractivity contribution is 5.76. The summed E-state index contributed by atoms with van der Waals surface area (Å²) < 4.78 is 0. The van der Waals surface area contributed by atoms with Gasteiger partial charge in [-0.2, -0.15) is 0 Å². The summed E-state index contributed by atoms with van der Waals surface area (Å²) in [4.78, 5) is 12.3. The third-order valence-electron chi connectivity index (χ3n) is 9.08. The van der Waals surface area contributed by atoms with Crippen molar-refractivity contribution >= 4 is 5.91 Å². The molecule has 0 saturated heterocycles. The monoisotopic (exact) mass is 580 g/mol. The Morgan fingerprint density at radius 3 is 1.05 bits per heavy atom. The second-order valence-electron chi connectivity index (χ2n) is 13.4. The molecule has 0 saturated carbocycles. The summed E-state index contributed by atoms with van der Waals surface area (Å²) in [5, 5.41) is 13.5. The molecule has 0 bridgehead atoms. The maximum atomic E-state index is 12.3. The van der Waals surface area contributed by atoms with E-state index in [1.54, 1.807) is 0 Å². The number of unbranched alkanes of at least 4 members (excludes halogenated alkanes) is 28. The van der Waals surface area contributed by atoms with E-state index in [4.69, 9.17) is 0 Å². The predicted molar refractivity (Wildman–Crippen MR) is 183 cm³/mol. The number of amides is 1. The normalized spacial score (nSPS) is 13.0. The molecule has 1 amide bonds. The van der Waals surface area contributed by atoms with Gasteiger partial charge in [-0.05, 0) is 19.8 Å². The van der Waals surface area contributed by atoms with Crippen molar-refractivity contribution in [2.45, 2.75) is 238 Å². The molecule has 2 atom stereocenters. The van der Waals surface area contributed by atoms with Crippen molar-refractivity contribution in [3.05, 3.63) is 0 Å². The maximum Gasteiger partial charge on any atom is 0.220 e. The molecule has 2 N–H and O–H groups in total. The Morgan fingerprint density at radius 1 is 0.463 bits per heavy atom. The third kappa shape index (κ3) is 32.2. The van der Waals surface area contributed by atoms with Gasteiger partial charge in [0.15, 0.2) is 0 Å². The Bertz CT molecular complexity index is 509. The Labute approximate surface area is 259 Å². The van der Waals surface area contributed by atoms with Gasteiger partial charge < -0.3 is 10.4 Å². The minimum Gasteiger partial charge on any atom is -0.391 e. The average Bonchev–Trinajstić information content (AvgIpc) is 2.96. The average molecular weight is 580 g/mol. The Kier molecular flexibility index (Phi) is 33.5. The largest absolute Gasteiger partial charge is 0.391 e. The number of nitrogens with one attached hydrogen (secondary N) is 1. The van der Waals surface area contributed by atoms with Crippen LogP contribution in [0.2, 0.25) is 0 Å². The van der Waals surface area contributed by atoms with Gasteiger partial charge in [-0.1, -0.05) is 200 Å². The first-order valence-electron chi connectivity index (χ1n) is 19.1. The van der Waals surface area contributed by atoms with Crippen molar-refractivity contribution in [2.24, 2.45) is 0 Å². The lowest BCUT2D eigenvalue weighted by Gasteiger charge is -2.20. The zero-order chi connectivity index (χ0) is 30.1. The van der Waals surface area contributed by atoms with Gasteiger partial charge in [-0.15, -0.1) is 0 Å². The molecule has 246 valence electrons. The molecule has 0 fully saturated rings. The van der Waals surface area contributed by atoms with E-state index in [1.165, 1.54) is 173 Å².